The summed E-state index contributed by atoms with van der Waals surface area (Å²) in [6.45, 7) is 5.65. The van der Waals surface area contributed by atoms with E-state index in [1.54, 1.807) is 41.8 Å². The van der Waals surface area contributed by atoms with Crippen molar-refractivity contribution in [1.29, 1.82) is 0 Å². The fourth-order valence-corrected chi connectivity index (χ4v) is 3.20. The Hall–Kier alpha value is -3.94. The van der Waals surface area contributed by atoms with Crippen molar-refractivity contribution in [3.05, 3.63) is 77.1 Å². The quantitative estimate of drug-likeness (QED) is 0.553. The number of hydrogen-bond acceptors (Lipinski definition) is 5. The maximum absolute atomic E-state index is 12.9. The van der Waals surface area contributed by atoms with E-state index in [9.17, 15) is 9.59 Å². The van der Waals surface area contributed by atoms with Gasteiger partial charge in [-0.2, -0.15) is 0 Å². The predicted molar refractivity (Wildman–Crippen MR) is 108 cm³/mol. The minimum atomic E-state index is -0.479. The van der Waals surface area contributed by atoms with Crippen molar-refractivity contribution in [2.75, 3.05) is 10.6 Å². The van der Waals surface area contributed by atoms with Crippen LogP contribution in [0.2, 0.25) is 0 Å². The smallest absolute Gasteiger partial charge is 0.292 e. The molecule has 0 aliphatic rings. The monoisotopic (exact) mass is 389 g/mol. The minimum absolute atomic E-state index is 0.112. The number of imidazole rings is 1. The van der Waals surface area contributed by atoms with Gasteiger partial charge in [-0.15, -0.1) is 0 Å². The number of fused-ring (bicyclic) bond motifs is 1. The zero-order valence-electron chi connectivity index (χ0n) is 16.2. The number of carbonyl (C=O) groups is 2. The van der Waals surface area contributed by atoms with Crippen molar-refractivity contribution < 1.29 is 14.1 Å². The van der Waals surface area contributed by atoms with Crippen LogP contribution in [0.1, 0.15) is 38.0 Å². The highest BCUT2D eigenvalue weighted by Gasteiger charge is 2.22. The lowest BCUT2D eigenvalue weighted by Gasteiger charge is -2.07. The second-order valence-corrected chi connectivity index (χ2v) is 6.85. The highest BCUT2D eigenvalue weighted by atomic mass is 16.5. The molecule has 0 aliphatic heterocycles. The summed E-state index contributed by atoms with van der Waals surface area (Å²) in [5, 5.41) is 9.25. The van der Waals surface area contributed by atoms with Crippen LogP contribution in [0.5, 0.6) is 0 Å². The van der Waals surface area contributed by atoms with E-state index < -0.39 is 11.8 Å². The molecule has 3 heterocycles. The van der Waals surface area contributed by atoms with Crippen molar-refractivity contribution in [3.63, 3.8) is 0 Å². The highest BCUT2D eigenvalue weighted by molar-refractivity contribution is 6.10. The third-order valence-electron chi connectivity index (χ3n) is 4.32. The molecule has 146 valence electrons. The zero-order chi connectivity index (χ0) is 20.5. The fourth-order valence-electron chi connectivity index (χ4n) is 3.20. The van der Waals surface area contributed by atoms with Gasteiger partial charge in [-0.05, 0) is 56.2 Å². The largest absolute Gasteiger partial charge is 0.360 e. The van der Waals surface area contributed by atoms with E-state index in [4.69, 9.17) is 4.52 Å². The molecular formula is C21H19N5O3. The van der Waals surface area contributed by atoms with E-state index in [0.717, 1.165) is 11.1 Å². The molecule has 0 unspecified atom stereocenters. The minimum Gasteiger partial charge on any atom is -0.360 e. The number of aryl methyl sites for hydroxylation is 3. The van der Waals surface area contributed by atoms with Gasteiger partial charge in [-0.3, -0.25) is 14.0 Å². The van der Waals surface area contributed by atoms with Crippen molar-refractivity contribution in [2.45, 2.75) is 20.8 Å². The van der Waals surface area contributed by atoms with Crippen LogP contribution in [-0.2, 0) is 0 Å². The number of anilines is 2. The number of nitrogens with zero attached hydrogens (tertiary/aromatic N) is 3. The topological polar surface area (TPSA) is 102 Å². The number of amides is 2. The van der Waals surface area contributed by atoms with Crippen molar-refractivity contribution in [3.8, 4) is 0 Å². The maximum Gasteiger partial charge on any atom is 0.292 e. The second kappa shape index (κ2) is 7.23. The van der Waals surface area contributed by atoms with Gasteiger partial charge in [0.25, 0.3) is 11.8 Å². The van der Waals surface area contributed by atoms with Gasteiger partial charge in [0.05, 0.1) is 5.52 Å². The highest BCUT2D eigenvalue weighted by Crippen LogP contribution is 2.18. The molecule has 3 aromatic heterocycles. The number of benzene rings is 1. The zero-order valence-corrected chi connectivity index (χ0v) is 16.2. The van der Waals surface area contributed by atoms with E-state index in [2.05, 4.69) is 20.8 Å². The van der Waals surface area contributed by atoms with Crippen LogP contribution >= 0.6 is 0 Å². The first kappa shape index (κ1) is 18.4. The Labute approximate surface area is 166 Å². The summed E-state index contributed by atoms with van der Waals surface area (Å²) in [6, 6.07) is 12.6. The first-order valence-electron chi connectivity index (χ1n) is 9.02. The van der Waals surface area contributed by atoms with E-state index in [-0.39, 0.29) is 17.3 Å². The molecule has 0 saturated heterocycles. The fraction of sp³-hybridized carbons (Fsp3) is 0.143. The molecule has 2 N–H and O–H groups in total. The predicted octanol–water partition coefficient (Wildman–Crippen LogP) is 3.75. The Bertz CT molecular complexity index is 1220. The first-order chi connectivity index (χ1) is 13.9. The summed E-state index contributed by atoms with van der Waals surface area (Å²) >= 11 is 0. The molecule has 0 spiro atoms. The van der Waals surface area contributed by atoms with E-state index in [1.165, 1.54) is 0 Å². The molecule has 29 heavy (non-hydrogen) atoms. The average Bonchev–Trinajstić information content (AvgIpc) is 3.24. The summed E-state index contributed by atoms with van der Waals surface area (Å²) in [7, 11) is 0. The van der Waals surface area contributed by atoms with Gasteiger partial charge in [0.2, 0.25) is 5.82 Å². The van der Waals surface area contributed by atoms with Gasteiger partial charge in [-0.25, -0.2) is 4.98 Å². The normalized spacial score (nSPS) is 10.9. The number of pyridine rings is 1. The Morgan fingerprint density at radius 3 is 2.41 bits per heavy atom. The molecule has 2 amide bonds. The molecule has 0 fully saturated rings. The number of rotatable bonds is 4. The Morgan fingerprint density at radius 1 is 0.966 bits per heavy atom. The Balaban J connectivity index is 1.68. The molecule has 1 aromatic carbocycles. The van der Waals surface area contributed by atoms with Crippen LogP contribution in [0.4, 0.5) is 11.5 Å². The Kier molecular flexibility index (Phi) is 4.59. The van der Waals surface area contributed by atoms with Crippen LogP contribution in [0.15, 0.2) is 53.2 Å². The van der Waals surface area contributed by atoms with Gasteiger partial charge in [0, 0.05) is 18.0 Å². The summed E-state index contributed by atoms with van der Waals surface area (Å²) in [4.78, 5) is 29.9. The summed E-state index contributed by atoms with van der Waals surface area (Å²) in [5.74, 6) is 0.0792. The summed E-state index contributed by atoms with van der Waals surface area (Å²) in [5.41, 5.74) is 3.38. The molecular weight excluding hydrogens is 370 g/mol. The van der Waals surface area contributed by atoms with Crippen LogP contribution in [0.25, 0.3) is 5.52 Å². The first-order valence-corrected chi connectivity index (χ1v) is 9.02. The third-order valence-corrected chi connectivity index (χ3v) is 4.32. The van der Waals surface area contributed by atoms with Crippen molar-refractivity contribution in [1.82, 2.24) is 14.5 Å². The number of hydrogen-bond donors (Lipinski definition) is 2. The van der Waals surface area contributed by atoms with E-state index in [0.29, 0.717) is 17.0 Å². The van der Waals surface area contributed by atoms with Crippen molar-refractivity contribution >= 4 is 28.8 Å². The van der Waals surface area contributed by atoms with Crippen LogP contribution in [-0.4, -0.2) is 26.4 Å². The maximum atomic E-state index is 12.9. The molecule has 0 aliphatic carbocycles. The lowest BCUT2D eigenvalue weighted by Crippen LogP contribution is -2.16. The van der Waals surface area contributed by atoms with Crippen LogP contribution < -0.4 is 10.6 Å². The molecule has 8 nitrogen and oxygen atoms in total. The SMILES string of the molecule is Cc1cc(C)cc(NC(=O)c2nc(C(=O)Nc3cc(C)on3)c3ccccn23)c1. The van der Waals surface area contributed by atoms with Gasteiger partial charge < -0.3 is 15.2 Å². The lowest BCUT2D eigenvalue weighted by atomic mass is 10.1. The summed E-state index contributed by atoms with van der Waals surface area (Å²) < 4.78 is 6.55. The van der Waals surface area contributed by atoms with E-state index in [1.807, 2.05) is 32.0 Å². The van der Waals surface area contributed by atoms with Gasteiger partial charge in [0.15, 0.2) is 11.5 Å². The van der Waals surface area contributed by atoms with Crippen LogP contribution in [0.3, 0.4) is 0 Å². The molecule has 0 saturated carbocycles. The summed E-state index contributed by atoms with van der Waals surface area (Å²) in [6.07, 6.45) is 1.69. The molecule has 0 atom stereocenters. The average molecular weight is 389 g/mol. The second-order valence-electron chi connectivity index (χ2n) is 6.85. The molecule has 4 aromatic rings. The molecule has 0 bridgehead atoms. The van der Waals surface area contributed by atoms with E-state index >= 15 is 0 Å². The lowest BCUT2D eigenvalue weighted by molar-refractivity contribution is 0.101. The van der Waals surface area contributed by atoms with Gasteiger partial charge >= 0.3 is 0 Å². The Morgan fingerprint density at radius 2 is 1.72 bits per heavy atom. The molecule has 4 rings (SSSR count). The molecule has 0 radical (unpaired) electrons. The number of carbonyl (C=O) groups excluding carboxylic acids is 2. The van der Waals surface area contributed by atoms with Crippen LogP contribution in [0, 0.1) is 20.8 Å². The van der Waals surface area contributed by atoms with Gasteiger partial charge in [0.1, 0.15) is 5.76 Å². The standard InChI is InChI=1S/C21H19N5O3/c1-12-8-13(2)10-15(9-12)22-21(28)19-24-18(16-6-4-5-7-26(16)19)20(27)23-17-11-14(3)29-25-17/h4-11H,1-3H3,(H,22,28)(H,23,25,27). The number of nitrogens with one attached hydrogen (secondary N) is 2. The van der Waals surface area contributed by atoms with Gasteiger partial charge in [-0.1, -0.05) is 17.3 Å². The molecule has 8 heteroatoms. The third kappa shape index (κ3) is 3.73. The van der Waals surface area contributed by atoms with Crippen molar-refractivity contribution in [2.24, 2.45) is 0 Å². The number of aromatic nitrogens is 3.